The molecule has 108 valence electrons. The molecule has 2 aromatic carbocycles. The Labute approximate surface area is 134 Å². The molecule has 0 bridgehead atoms. The Morgan fingerprint density at radius 2 is 2.05 bits per heavy atom. The maximum absolute atomic E-state index is 6.18. The van der Waals surface area contributed by atoms with Gasteiger partial charge in [0, 0.05) is 16.2 Å². The summed E-state index contributed by atoms with van der Waals surface area (Å²) in [6.45, 7) is 0.350. The predicted octanol–water partition coefficient (Wildman–Crippen LogP) is 3.95. The van der Waals surface area contributed by atoms with E-state index in [1.807, 2.05) is 42.5 Å². The summed E-state index contributed by atoms with van der Waals surface area (Å²) in [6, 6.07) is 13.7. The highest BCUT2D eigenvalue weighted by molar-refractivity contribution is 7.98. The maximum Gasteiger partial charge on any atom is 0.119 e. The van der Waals surface area contributed by atoms with Gasteiger partial charge < -0.3 is 10.5 Å². The molecule has 2 nitrogen and oxygen atoms in total. The molecule has 2 rings (SSSR count). The van der Waals surface area contributed by atoms with Crippen LogP contribution in [0.1, 0.15) is 11.1 Å². The molecule has 0 fully saturated rings. The molecule has 0 aliphatic heterocycles. The monoisotopic (exact) mass is 317 g/mol. The van der Waals surface area contributed by atoms with Crippen molar-refractivity contribution in [2.45, 2.75) is 10.6 Å². The first-order valence-corrected chi connectivity index (χ1v) is 7.84. The normalized spacial score (nSPS) is 9.86. The van der Waals surface area contributed by atoms with Crippen molar-refractivity contribution in [3.63, 3.8) is 0 Å². The molecule has 2 aromatic rings. The lowest BCUT2D eigenvalue weighted by atomic mass is 10.1. The summed E-state index contributed by atoms with van der Waals surface area (Å²) in [6.07, 6.45) is 0. The molecule has 21 heavy (non-hydrogen) atoms. The van der Waals surface area contributed by atoms with Crippen LogP contribution in [-0.2, 0) is 5.75 Å². The van der Waals surface area contributed by atoms with Gasteiger partial charge in [-0.15, -0.1) is 11.8 Å². The second-order valence-electron chi connectivity index (χ2n) is 4.25. The predicted molar refractivity (Wildman–Crippen MR) is 89.9 cm³/mol. The van der Waals surface area contributed by atoms with E-state index in [4.69, 9.17) is 22.1 Å². The molecular formula is C17H16ClNOS. The highest BCUT2D eigenvalue weighted by atomic mass is 35.5. The van der Waals surface area contributed by atoms with Gasteiger partial charge in [0.25, 0.3) is 0 Å². The summed E-state index contributed by atoms with van der Waals surface area (Å²) in [5, 5.41) is 0.764. The minimum atomic E-state index is 0.350. The fourth-order valence-corrected chi connectivity index (χ4v) is 3.03. The fourth-order valence-electron chi connectivity index (χ4n) is 1.80. The minimum Gasteiger partial charge on any atom is -0.497 e. The van der Waals surface area contributed by atoms with Crippen LogP contribution in [-0.4, -0.2) is 13.7 Å². The molecule has 0 amide bonds. The van der Waals surface area contributed by atoms with E-state index in [2.05, 4.69) is 11.8 Å². The van der Waals surface area contributed by atoms with Crippen molar-refractivity contribution in [1.82, 2.24) is 0 Å². The molecule has 0 radical (unpaired) electrons. The number of nitrogens with two attached hydrogens (primary N) is 1. The van der Waals surface area contributed by atoms with Gasteiger partial charge in [-0.05, 0) is 35.9 Å². The zero-order valence-corrected chi connectivity index (χ0v) is 13.3. The molecule has 2 N–H and O–H groups in total. The molecule has 0 unspecified atom stereocenters. The van der Waals surface area contributed by atoms with Crippen molar-refractivity contribution in [1.29, 1.82) is 0 Å². The van der Waals surface area contributed by atoms with Gasteiger partial charge in [-0.1, -0.05) is 35.6 Å². The molecule has 0 atom stereocenters. The number of ether oxygens (including phenoxy) is 1. The molecule has 0 saturated heterocycles. The van der Waals surface area contributed by atoms with Crippen LogP contribution in [0.25, 0.3) is 0 Å². The third-order valence-corrected chi connectivity index (χ3v) is 4.42. The minimum absolute atomic E-state index is 0.350. The van der Waals surface area contributed by atoms with Gasteiger partial charge in [-0.3, -0.25) is 0 Å². The molecule has 0 spiro atoms. The first-order chi connectivity index (χ1) is 10.2. The van der Waals surface area contributed by atoms with E-state index >= 15 is 0 Å². The molecule has 4 heteroatoms. The van der Waals surface area contributed by atoms with E-state index in [-0.39, 0.29) is 0 Å². The van der Waals surface area contributed by atoms with Crippen LogP contribution in [0.5, 0.6) is 5.75 Å². The topological polar surface area (TPSA) is 35.2 Å². The highest BCUT2D eigenvalue weighted by Gasteiger charge is 2.06. The average Bonchev–Trinajstić information content (AvgIpc) is 2.52. The van der Waals surface area contributed by atoms with Gasteiger partial charge in [-0.2, -0.15) is 0 Å². The van der Waals surface area contributed by atoms with Crippen molar-refractivity contribution in [3.8, 4) is 17.6 Å². The van der Waals surface area contributed by atoms with E-state index in [9.17, 15) is 0 Å². The summed E-state index contributed by atoms with van der Waals surface area (Å²) < 4.78 is 5.28. The van der Waals surface area contributed by atoms with Crippen molar-refractivity contribution in [2.75, 3.05) is 13.7 Å². The SMILES string of the molecule is COc1ccc(C#CCN)c(CSc2ccccc2Cl)c1. The number of thioether (sulfide) groups is 1. The molecule has 0 aromatic heterocycles. The van der Waals surface area contributed by atoms with Gasteiger partial charge in [0.2, 0.25) is 0 Å². The van der Waals surface area contributed by atoms with E-state index in [1.54, 1.807) is 18.9 Å². The largest absolute Gasteiger partial charge is 0.497 e. The Kier molecular flexibility index (Phi) is 6.01. The van der Waals surface area contributed by atoms with Crippen LogP contribution in [0, 0.1) is 11.8 Å². The Bertz CT molecular complexity index is 676. The van der Waals surface area contributed by atoms with E-state index in [1.165, 1.54) is 0 Å². The van der Waals surface area contributed by atoms with Crippen LogP contribution in [0.2, 0.25) is 5.02 Å². The van der Waals surface area contributed by atoms with Gasteiger partial charge in [0.1, 0.15) is 5.75 Å². The van der Waals surface area contributed by atoms with E-state index in [0.29, 0.717) is 6.54 Å². The van der Waals surface area contributed by atoms with Gasteiger partial charge in [0.15, 0.2) is 0 Å². The average molecular weight is 318 g/mol. The van der Waals surface area contributed by atoms with Crippen LogP contribution >= 0.6 is 23.4 Å². The second-order valence-corrected chi connectivity index (χ2v) is 5.67. The number of methoxy groups -OCH3 is 1. The van der Waals surface area contributed by atoms with E-state index < -0.39 is 0 Å². The third-order valence-electron chi connectivity index (χ3n) is 2.86. The lowest BCUT2D eigenvalue weighted by Crippen LogP contribution is -1.95. The van der Waals surface area contributed by atoms with Crippen molar-refractivity contribution >= 4 is 23.4 Å². The quantitative estimate of drug-likeness (QED) is 0.685. The van der Waals surface area contributed by atoms with Crippen LogP contribution in [0.4, 0.5) is 0 Å². The maximum atomic E-state index is 6.18. The molecule has 0 aliphatic carbocycles. The molecule has 0 heterocycles. The molecule has 0 saturated carbocycles. The summed E-state index contributed by atoms with van der Waals surface area (Å²) in [4.78, 5) is 1.06. The van der Waals surface area contributed by atoms with Crippen LogP contribution < -0.4 is 10.5 Å². The second kappa shape index (κ2) is 7.99. The number of halogens is 1. The highest BCUT2D eigenvalue weighted by Crippen LogP contribution is 2.31. The number of benzene rings is 2. The van der Waals surface area contributed by atoms with E-state index in [0.717, 1.165) is 32.5 Å². The number of rotatable bonds is 4. The summed E-state index contributed by atoms with van der Waals surface area (Å²) in [5.74, 6) is 7.59. The van der Waals surface area contributed by atoms with Crippen LogP contribution in [0.15, 0.2) is 47.4 Å². The Morgan fingerprint density at radius 3 is 2.76 bits per heavy atom. The Morgan fingerprint density at radius 1 is 1.24 bits per heavy atom. The zero-order chi connectivity index (χ0) is 15.1. The lowest BCUT2D eigenvalue weighted by Gasteiger charge is -2.08. The fraction of sp³-hybridized carbons (Fsp3) is 0.176. The summed E-state index contributed by atoms with van der Waals surface area (Å²) >= 11 is 7.86. The first-order valence-electron chi connectivity index (χ1n) is 6.47. The smallest absolute Gasteiger partial charge is 0.119 e. The van der Waals surface area contributed by atoms with Crippen molar-refractivity contribution in [2.24, 2.45) is 5.73 Å². The van der Waals surface area contributed by atoms with Crippen LogP contribution in [0.3, 0.4) is 0 Å². The molecule has 0 aliphatic rings. The summed E-state index contributed by atoms with van der Waals surface area (Å²) in [7, 11) is 1.66. The van der Waals surface area contributed by atoms with Gasteiger partial charge in [0.05, 0.1) is 18.7 Å². The van der Waals surface area contributed by atoms with Crippen molar-refractivity contribution in [3.05, 3.63) is 58.6 Å². The van der Waals surface area contributed by atoms with Gasteiger partial charge in [-0.25, -0.2) is 0 Å². The lowest BCUT2D eigenvalue weighted by molar-refractivity contribution is 0.414. The third kappa shape index (κ3) is 4.44. The standard InChI is InChI=1S/C17H16ClNOS/c1-20-15-9-8-13(5-4-10-19)14(11-15)12-21-17-7-3-2-6-16(17)18/h2-3,6-9,11H,10,12,19H2,1H3. The Hall–Kier alpha value is -1.60. The Balaban J connectivity index is 2.23. The zero-order valence-electron chi connectivity index (χ0n) is 11.7. The number of hydrogen-bond donors (Lipinski definition) is 1. The first kappa shape index (κ1) is 15.8. The van der Waals surface area contributed by atoms with Crippen molar-refractivity contribution < 1.29 is 4.74 Å². The van der Waals surface area contributed by atoms with Gasteiger partial charge >= 0.3 is 0 Å². The summed E-state index contributed by atoms with van der Waals surface area (Å²) in [5.41, 5.74) is 7.53. The molecular weight excluding hydrogens is 302 g/mol. The number of hydrogen-bond acceptors (Lipinski definition) is 3.